The first-order valence-electron chi connectivity index (χ1n) is 4.28. The zero-order chi connectivity index (χ0) is 8.97. The van der Waals surface area contributed by atoms with Gasteiger partial charge in [0.25, 0.3) is 0 Å². The van der Waals surface area contributed by atoms with Crippen molar-refractivity contribution in [1.82, 2.24) is 0 Å². The van der Waals surface area contributed by atoms with E-state index in [2.05, 4.69) is 18.6 Å². The van der Waals surface area contributed by atoms with Crippen LogP contribution in [0.5, 0.6) is 5.75 Å². The highest BCUT2D eigenvalue weighted by molar-refractivity contribution is 5.30. The molecule has 12 heavy (non-hydrogen) atoms. The SMILES string of the molecule is C[CH]c1ccc(OC(C)C)cc1. The Morgan fingerprint density at radius 3 is 2.17 bits per heavy atom. The van der Waals surface area contributed by atoms with Gasteiger partial charge in [0.2, 0.25) is 0 Å². The van der Waals surface area contributed by atoms with Gasteiger partial charge in [0.05, 0.1) is 6.10 Å². The minimum Gasteiger partial charge on any atom is -0.491 e. The van der Waals surface area contributed by atoms with Gasteiger partial charge < -0.3 is 4.74 Å². The molecule has 0 aliphatic carbocycles. The fourth-order valence-corrected chi connectivity index (χ4v) is 1.01. The molecule has 0 unspecified atom stereocenters. The molecule has 0 atom stereocenters. The van der Waals surface area contributed by atoms with E-state index in [0.29, 0.717) is 0 Å². The smallest absolute Gasteiger partial charge is 0.119 e. The molecule has 0 aromatic heterocycles. The summed E-state index contributed by atoms with van der Waals surface area (Å²) >= 11 is 0. The highest BCUT2D eigenvalue weighted by atomic mass is 16.5. The van der Waals surface area contributed by atoms with E-state index >= 15 is 0 Å². The molecule has 0 amide bonds. The van der Waals surface area contributed by atoms with Crippen LogP contribution in [0.3, 0.4) is 0 Å². The van der Waals surface area contributed by atoms with Crippen molar-refractivity contribution in [1.29, 1.82) is 0 Å². The predicted octanol–water partition coefficient (Wildman–Crippen LogP) is 3.05. The van der Waals surface area contributed by atoms with Crippen molar-refractivity contribution in [2.75, 3.05) is 0 Å². The Kier molecular flexibility index (Phi) is 3.15. The Morgan fingerprint density at radius 1 is 1.17 bits per heavy atom. The third-order valence-corrected chi connectivity index (χ3v) is 1.59. The van der Waals surface area contributed by atoms with Crippen LogP contribution < -0.4 is 4.74 Å². The van der Waals surface area contributed by atoms with Gasteiger partial charge in [0, 0.05) is 0 Å². The fourth-order valence-electron chi connectivity index (χ4n) is 1.01. The van der Waals surface area contributed by atoms with E-state index in [4.69, 9.17) is 4.74 Å². The fraction of sp³-hybridized carbons (Fsp3) is 0.364. The highest BCUT2D eigenvalue weighted by Gasteiger charge is 1.96. The summed E-state index contributed by atoms with van der Waals surface area (Å²) < 4.78 is 5.50. The molecule has 0 bridgehead atoms. The second-order valence-corrected chi connectivity index (χ2v) is 3.02. The lowest BCUT2D eigenvalue weighted by molar-refractivity contribution is 0.242. The Balaban J connectivity index is 2.65. The minimum atomic E-state index is 0.251. The lowest BCUT2D eigenvalue weighted by atomic mass is 10.2. The molecule has 1 radical (unpaired) electrons. The Bertz CT molecular complexity index is 223. The molecule has 0 N–H and O–H groups in total. The first-order valence-corrected chi connectivity index (χ1v) is 4.28. The van der Waals surface area contributed by atoms with E-state index in [0.717, 1.165) is 5.75 Å². The Labute approximate surface area is 74.4 Å². The summed E-state index contributed by atoms with van der Waals surface area (Å²) in [5, 5.41) is 0. The van der Waals surface area contributed by atoms with E-state index in [-0.39, 0.29) is 6.10 Å². The molecule has 1 nitrogen and oxygen atoms in total. The summed E-state index contributed by atoms with van der Waals surface area (Å²) in [6.07, 6.45) is 2.32. The molecule has 0 saturated heterocycles. The Hall–Kier alpha value is -0.980. The number of rotatable bonds is 3. The third-order valence-electron chi connectivity index (χ3n) is 1.59. The first kappa shape index (κ1) is 9.11. The van der Waals surface area contributed by atoms with Gasteiger partial charge in [-0.25, -0.2) is 0 Å². The van der Waals surface area contributed by atoms with Crippen molar-refractivity contribution in [3.63, 3.8) is 0 Å². The standard InChI is InChI=1S/C11H15O/c1-4-10-5-7-11(8-6-10)12-9(2)3/h4-9H,1-3H3. The molecule has 1 aromatic rings. The van der Waals surface area contributed by atoms with E-state index in [1.54, 1.807) is 0 Å². The lowest BCUT2D eigenvalue weighted by Crippen LogP contribution is -2.05. The quantitative estimate of drug-likeness (QED) is 0.665. The lowest BCUT2D eigenvalue weighted by Gasteiger charge is -2.09. The maximum absolute atomic E-state index is 5.50. The van der Waals surface area contributed by atoms with Crippen molar-refractivity contribution < 1.29 is 4.74 Å². The van der Waals surface area contributed by atoms with Crippen LogP contribution in [0, 0.1) is 6.42 Å². The van der Waals surface area contributed by atoms with E-state index in [1.807, 2.05) is 32.9 Å². The molecule has 1 heteroatoms. The maximum atomic E-state index is 5.50. The zero-order valence-corrected chi connectivity index (χ0v) is 7.87. The van der Waals surface area contributed by atoms with E-state index in [9.17, 15) is 0 Å². The minimum absolute atomic E-state index is 0.251. The maximum Gasteiger partial charge on any atom is 0.119 e. The molecule has 1 rings (SSSR count). The average Bonchev–Trinajstić information content (AvgIpc) is 2.05. The molecule has 65 valence electrons. The number of benzene rings is 1. The van der Waals surface area contributed by atoms with E-state index in [1.165, 1.54) is 5.56 Å². The van der Waals surface area contributed by atoms with Gasteiger partial charge in [-0.15, -0.1) is 0 Å². The van der Waals surface area contributed by atoms with Crippen LogP contribution in [-0.2, 0) is 0 Å². The van der Waals surface area contributed by atoms with Gasteiger partial charge in [-0.2, -0.15) is 0 Å². The summed E-state index contributed by atoms with van der Waals surface area (Å²) in [5.41, 5.74) is 1.23. The van der Waals surface area contributed by atoms with Crippen molar-refractivity contribution in [2.45, 2.75) is 26.9 Å². The second kappa shape index (κ2) is 4.15. The van der Waals surface area contributed by atoms with Crippen molar-refractivity contribution >= 4 is 0 Å². The number of hydrogen-bond acceptors (Lipinski definition) is 1. The predicted molar refractivity (Wildman–Crippen MR) is 51.3 cm³/mol. The van der Waals surface area contributed by atoms with Crippen molar-refractivity contribution in [3.05, 3.63) is 36.2 Å². The Morgan fingerprint density at radius 2 is 1.75 bits per heavy atom. The molecule has 0 spiro atoms. The van der Waals surface area contributed by atoms with Gasteiger partial charge in [-0.3, -0.25) is 0 Å². The average molecular weight is 163 g/mol. The molecule has 0 aliphatic rings. The zero-order valence-electron chi connectivity index (χ0n) is 7.87. The van der Waals surface area contributed by atoms with Crippen LogP contribution in [0.15, 0.2) is 24.3 Å². The second-order valence-electron chi connectivity index (χ2n) is 3.02. The molecule has 0 heterocycles. The van der Waals surface area contributed by atoms with Crippen LogP contribution in [0.25, 0.3) is 0 Å². The van der Waals surface area contributed by atoms with Crippen LogP contribution in [0.4, 0.5) is 0 Å². The van der Waals surface area contributed by atoms with E-state index < -0.39 is 0 Å². The normalized spacial score (nSPS) is 10.3. The van der Waals surface area contributed by atoms with Crippen LogP contribution in [0.2, 0.25) is 0 Å². The monoisotopic (exact) mass is 163 g/mol. The van der Waals surface area contributed by atoms with Gasteiger partial charge in [0.1, 0.15) is 5.75 Å². The summed E-state index contributed by atoms with van der Waals surface area (Å²) in [5.74, 6) is 0.940. The molecule has 0 aliphatic heterocycles. The van der Waals surface area contributed by atoms with Crippen LogP contribution in [0.1, 0.15) is 26.3 Å². The topological polar surface area (TPSA) is 9.23 Å². The summed E-state index contributed by atoms with van der Waals surface area (Å²) in [6, 6.07) is 8.10. The van der Waals surface area contributed by atoms with Crippen LogP contribution >= 0.6 is 0 Å². The largest absolute Gasteiger partial charge is 0.491 e. The van der Waals surface area contributed by atoms with Crippen molar-refractivity contribution in [3.8, 4) is 5.75 Å². The summed E-state index contributed by atoms with van der Waals surface area (Å²) in [6.45, 7) is 6.08. The molecule has 1 aromatic carbocycles. The molecular formula is C11H15O. The summed E-state index contributed by atoms with van der Waals surface area (Å²) in [4.78, 5) is 0. The first-order chi connectivity index (χ1) is 5.72. The highest BCUT2D eigenvalue weighted by Crippen LogP contribution is 2.14. The van der Waals surface area contributed by atoms with Gasteiger partial charge in [0.15, 0.2) is 0 Å². The van der Waals surface area contributed by atoms with Crippen molar-refractivity contribution in [2.24, 2.45) is 0 Å². The number of ether oxygens (including phenoxy) is 1. The number of hydrogen-bond donors (Lipinski definition) is 0. The van der Waals surface area contributed by atoms with Gasteiger partial charge >= 0.3 is 0 Å². The van der Waals surface area contributed by atoms with Gasteiger partial charge in [-0.1, -0.05) is 19.1 Å². The summed E-state index contributed by atoms with van der Waals surface area (Å²) in [7, 11) is 0. The molecule has 0 saturated carbocycles. The van der Waals surface area contributed by atoms with Crippen LogP contribution in [-0.4, -0.2) is 6.10 Å². The molecular weight excluding hydrogens is 148 g/mol. The molecule has 0 fully saturated rings. The van der Waals surface area contributed by atoms with Gasteiger partial charge in [-0.05, 0) is 38.0 Å². The third kappa shape index (κ3) is 2.57.